The van der Waals surface area contributed by atoms with Gasteiger partial charge in [-0.1, -0.05) is 18.2 Å². The van der Waals surface area contributed by atoms with Gasteiger partial charge in [-0.25, -0.2) is 8.42 Å². The van der Waals surface area contributed by atoms with Crippen molar-refractivity contribution in [1.29, 1.82) is 0 Å². The lowest BCUT2D eigenvalue weighted by Crippen LogP contribution is -2.29. The Balaban J connectivity index is 1.95. The molecule has 6 heteroatoms. The second-order valence-corrected chi connectivity index (χ2v) is 7.21. The predicted molar refractivity (Wildman–Crippen MR) is 89.1 cm³/mol. The Morgan fingerprint density at radius 1 is 1.17 bits per heavy atom. The van der Waals surface area contributed by atoms with Crippen LogP contribution in [0, 0.1) is 0 Å². The molecular weight excluding hydrogens is 312 g/mol. The summed E-state index contributed by atoms with van der Waals surface area (Å²) in [5, 5.41) is 2.75. The molecule has 0 saturated carbocycles. The van der Waals surface area contributed by atoms with Gasteiger partial charge < -0.3 is 5.32 Å². The fourth-order valence-electron chi connectivity index (χ4n) is 2.74. The van der Waals surface area contributed by atoms with Crippen LogP contribution in [0.5, 0.6) is 0 Å². The second-order valence-electron chi connectivity index (χ2n) is 5.34. The van der Waals surface area contributed by atoms with Crippen molar-refractivity contribution < 1.29 is 13.2 Å². The molecule has 0 atom stereocenters. The Hall–Kier alpha value is -2.34. The summed E-state index contributed by atoms with van der Waals surface area (Å²) >= 11 is 0. The summed E-state index contributed by atoms with van der Waals surface area (Å²) < 4.78 is 26.9. The highest BCUT2D eigenvalue weighted by Crippen LogP contribution is 2.33. The molecular formula is C17H18N2O3S. The van der Waals surface area contributed by atoms with Crippen molar-refractivity contribution >= 4 is 21.6 Å². The third-order valence-electron chi connectivity index (χ3n) is 3.86. The minimum atomic E-state index is -3.56. The molecule has 2 aromatic carbocycles. The van der Waals surface area contributed by atoms with Crippen molar-refractivity contribution in [1.82, 2.24) is 5.32 Å². The van der Waals surface area contributed by atoms with Crippen molar-refractivity contribution in [2.24, 2.45) is 0 Å². The Labute approximate surface area is 136 Å². The minimum Gasteiger partial charge on any atom is -0.352 e. The van der Waals surface area contributed by atoms with Gasteiger partial charge >= 0.3 is 0 Å². The van der Waals surface area contributed by atoms with E-state index in [-0.39, 0.29) is 10.8 Å². The standard InChI is InChI=1S/C17H18N2O3S/c1-2-18-17(20)14-8-9-16-13(12-14)10-11-19(16)23(21,22)15-6-4-3-5-7-15/h3-9,12H,2,10-11H2,1H3,(H,18,20). The first-order chi connectivity index (χ1) is 11.0. The maximum atomic E-state index is 12.8. The highest BCUT2D eigenvalue weighted by Gasteiger charge is 2.31. The number of nitrogens with zero attached hydrogens (tertiary/aromatic N) is 1. The molecule has 0 aliphatic carbocycles. The average molecular weight is 330 g/mol. The number of anilines is 1. The molecule has 0 unspecified atom stereocenters. The fraction of sp³-hybridized carbons (Fsp3) is 0.235. The average Bonchev–Trinajstić information content (AvgIpc) is 2.99. The van der Waals surface area contributed by atoms with Crippen LogP contribution in [0.3, 0.4) is 0 Å². The zero-order valence-electron chi connectivity index (χ0n) is 12.8. The molecule has 0 bridgehead atoms. The largest absolute Gasteiger partial charge is 0.352 e. The lowest BCUT2D eigenvalue weighted by atomic mass is 10.1. The number of amides is 1. The highest BCUT2D eigenvalue weighted by molar-refractivity contribution is 7.92. The Kier molecular flexibility index (Phi) is 4.09. The number of nitrogens with one attached hydrogen (secondary N) is 1. The van der Waals surface area contributed by atoms with Crippen LogP contribution < -0.4 is 9.62 Å². The number of benzene rings is 2. The third kappa shape index (κ3) is 2.82. The number of sulfonamides is 1. The molecule has 0 saturated heterocycles. The third-order valence-corrected chi connectivity index (χ3v) is 5.69. The number of carbonyl (C=O) groups excluding carboxylic acids is 1. The highest BCUT2D eigenvalue weighted by atomic mass is 32.2. The minimum absolute atomic E-state index is 0.139. The van der Waals surface area contributed by atoms with E-state index in [0.29, 0.717) is 30.8 Å². The summed E-state index contributed by atoms with van der Waals surface area (Å²) in [6, 6.07) is 13.6. The van der Waals surface area contributed by atoms with Gasteiger partial charge in [-0.05, 0) is 49.2 Å². The van der Waals surface area contributed by atoms with Gasteiger partial charge in [0.2, 0.25) is 0 Å². The number of rotatable bonds is 4. The topological polar surface area (TPSA) is 66.5 Å². The van der Waals surface area contributed by atoms with Crippen molar-refractivity contribution in [3.63, 3.8) is 0 Å². The molecule has 2 aromatic rings. The summed E-state index contributed by atoms with van der Waals surface area (Å²) in [6.45, 7) is 2.81. The molecule has 120 valence electrons. The van der Waals surface area contributed by atoms with E-state index in [4.69, 9.17) is 0 Å². The Bertz CT molecular complexity index is 832. The molecule has 3 rings (SSSR count). The lowest BCUT2D eigenvalue weighted by Gasteiger charge is -2.19. The summed E-state index contributed by atoms with van der Waals surface area (Å²) in [6.07, 6.45) is 0.606. The van der Waals surface area contributed by atoms with Gasteiger partial charge in [0.05, 0.1) is 10.6 Å². The van der Waals surface area contributed by atoms with Gasteiger partial charge in [0.1, 0.15) is 0 Å². The monoisotopic (exact) mass is 330 g/mol. The predicted octanol–water partition coefficient (Wildman–Crippen LogP) is 2.19. The molecule has 1 heterocycles. The van der Waals surface area contributed by atoms with Crippen molar-refractivity contribution in [2.75, 3.05) is 17.4 Å². The van der Waals surface area contributed by atoms with Crippen LogP contribution in [-0.2, 0) is 16.4 Å². The van der Waals surface area contributed by atoms with E-state index in [1.165, 1.54) is 4.31 Å². The summed E-state index contributed by atoms with van der Waals surface area (Å²) in [5.74, 6) is -0.139. The summed E-state index contributed by atoms with van der Waals surface area (Å²) in [7, 11) is -3.56. The van der Waals surface area contributed by atoms with Crippen LogP contribution in [0.25, 0.3) is 0 Å². The number of fused-ring (bicyclic) bond motifs is 1. The second kappa shape index (κ2) is 6.04. The van der Waals surface area contributed by atoms with E-state index in [9.17, 15) is 13.2 Å². The molecule has 1 aliphatic heterocycles. The van der Waals surface area contributed by atoms with Crippen LogP contribution in [0.2, 0.25) is 0 Å². The maximum absolute atomic E-state index is 12.8. The summed E-state index contributed by atoms with van der Waals surface area (Å²) in [5.41, 5.74) is 2.10. The van der Waals surface area contributed by atoms with E-state index in [0.717, 1.165) is 5.56 Å². The molecule has 0 aromatic heterocycles. The Morgan fingerprint density at radius 3 is 2.61 bits per heavy atom. The van der Waals surface area contributed by atoms with Crippen LogP contribution in [0.4, 0.5) is 5.69 Å². The van der Waals surface area contributed by atoms with E-state index in [1.54, 1.807) is 48.5 Å². The van der Waals surface area contributed by atoms with Gasteiger partial charge in [0.25, 0.3) is 15.9 Å². The van der Waals surface area contributed by atoms with E-state index in [1.807, 2.05) is 6.92 Å². The van der Waals surface area contributed by atoms with Crippen LogP contribution in [-0.4, -0.2) is 27.4 Å². The number of hydrogen-bond donors (Lipinski definition) is 1. The fourth-order valence-corrected chi connectivity index (χ4v) is 4.27. The van der Waals surface area contributed by atoms with Crippen LogP contribution in [0.1, 0.15) is 22.8 Å². The molecule has 1 N–H and O–H groups in total. The van der Waals surface area contributed by atoms with Gasteiger partial charge in [-0.2, -0.15) is 0 Å². The van der Waals surface area contributed by atoms with Gasteiger partial charge in [0, 0.05) is 18.7 Å². The molecule has 1 amide bonds. The molecule has 1 aliphatic rings. The van der Waals surface area contributed by atoms with E-state index >= 15 is 0 Å². The summed E-state index contributed by atoms with van der Waals surface area (Å²) in [4.78, 5) is 12.2. The van der Waals surface area contributed by atoms with Crippen molar-refractivity contribution in [3.05, 3.63) is 59.7 Å². The van der Waals surface area contributed by atoms with Crippen molar-refractivity contribution in [3.8, 4) is 0 Å². The first kappa shape index (κ1) is 15.6. The first-order valence-electron chi connectivity index (χ1n) is 7.53. The molecule has 23 heavy (non-hydrogen) atoms. The molecule has 5 nitrogen and oxygen atoms in total. The van der Waals surface area contributed by atoms with Crippen LogP contribution >= 0.6 is 0 Å². The smallest absolute Gasteiger partial charge is 0.264 e. The number of hydrogen-bond acceptors (Lipinski definition) is 3. The van der Waals surface area contributed by atoms with Gasteiger partial charge in [-0.3, -0.25) is 9.10 Å². The quantitative estimate of drug-likeness (QED) is 0.934. The zero-order chi connectivity index (χ0) is 16.4. The zero-order valence-corrected chi connectivity index (χ0v) is 13.6. The molecule has 0 radical (unpaired) electrons. The Morgan fingerprint density at radius 2 is 1.91 bits per heavy atom. The van der Waals surface area contributed by atoms with E-state index in [2.05, 4.69) is 5.32 Å². The SMILES string of the molecule is CCNC(=O)c1ccc2c(c1)CCN2S(=O)(=O)c1ccccc1. The molecule has 0 fully saturated rings. The lowest BCUT2D eigenvalue weighted by molar-refractivity contribution is 0.0955. The van der Waals surface area contributed by atoms with Crippen molar-refractivity contribution in [2.45, 2.75) is 18.2 Å². The normalized spacial score (nSPS) is 13.7. The van der Waals surface area contributed by atoms with E-state index < -0.39 is 10.0 Å². The molecule has 0 spiro atoms. The maximum Gasteiger partial charge on any atom is 0.264 e. The van der Waals surface area contributed by atoms with Gasteiger partial charge in [-0.15, -0.1) is 0 Å². The van der Waals surface area contributed by atoms with Crippen LogP contribution in [0.15, 0.2) is 53.4 Å². The first-order valence-corrected chi connectivity index (χ1v) is 8.97. The number of carbonyl (C=O) groups is 1. The van der Waals surface area contributed by atoms with Gasteiger partial charge in [0.15, 0.2) is 0 Å².